The highest BCUT2D eigenvalue weighted by Crippen LogP contribution is 2.42. The molecule has 0 spiro atoms. The van der Waals surface area contributed by atoms with Crippen molar-refractivity contribution in [3.63, 3.8) is 0 Å². The van der Waals surface area contributed by atoms with E-state index in [0.29, 0.717) is 23.4 Å². The second-order valence-corrected chi connectivity index (χ2v) is 9.15. The molecule has 1 saturated carbocycles. The summed E-state index contributed by atoms with van der Waals surface area (Å²) >= 11 is 0. The van der Waals surface area contributed by atoms with Crippen molar-refractivity contribution in [2.24, 2.45) is 17.8 Å². The van der Waals surface area contributed by atoms with Crippen molar-refractivity contribution >= 4 is 32.5 Å². The van der Waals surface area contributed by atoms with Crippen LogP contribution in [0.5, 0.6) is 0 Å². The molecule has 1 heterocycles. The summed E-state index contributed by atoms with van der Waals surface area (Å²) < 4.78 is 27.4. The molecule has 2 bridgehead atoms. The van der Waals surface area contributed by atoms with Gasteiger partial charge in [0.05, 0.1) is 17.5 Å². The highest BCUT2D eigenvalue weighted by atomic mass is 32.2. The predicted molar refractivity (Wildman–Crippen MR) is 102 cm³/mol. The van der Waals surface area contributed by atoms with Crippen molar-refractivity contribution in [2.45, 2.75) is 19.4 Å². The van der Waals surface area contributed by atoms with Gasteiger partial charge in [0.2, 0.25) is 15.9 Å². The summed E-state index contributed by atoms with van der Waals surface area (Å²) in [5, 5.41) is 3.84. The molecule has 0 unspecified atom stereocenters. The predicted octanol–water partition coefficient (Wildman–Crippen LogP) is 2.34. The molecule has 2 aliphatic rings. The molecule has 2 aliphatic carbocycles. The molecule has 138 valence electrons. The van der Waals surface area contributed by atoms with Crippen LogP contribution in [0.15, 0.2) is 42.6 Å². The largest absolute Gasteiger partial charge is 0.354 e. The van der Waals surface area contributed by atoms with Crippen LogP contribution in [0.3, 0.4) is 0 Å². The second-order valence-electron chi connectivity index (χ2n) is 7.40. The van der Waals surface area contributed by atoms with Gasteiger partial charge in [-0.05, 0) is 48.8 Å². The van der Waals surface area contributed by atoms with Crippen molar-refractivity contribution in [2.75, 3.05) is 17.5 Å². The summed E-state index contributed by atoms with van der Waals surface area (Å²) in [6, 6.07) is 7.22. The molecule has 1 aromatic heterocycles. The molecule has 1 aromatic carbocycles. The minimum Gasteiger partial charge on any atom is -0.354 e. The summed E-state index contributed by atoms with van der Waals surface area (Å²) in [6.07, 6.45) is 9.95. The Morgan fingerprint density at radius 3 is 2.77 bits per heavy atom. The number of anilines is 1. The van der Waals surface area contributed by atoms with E-state index in [9.17, 15) is 13.2 Å². The number of aromatic nitrogens is 1. The lowest BCUT2D eigenvalue weighted by Gasteiger charge is -2.18. The van der Waals surface area contributed by atoms with Crippen LogP contribution in [0.2, 0.25) is 0 Å². The number of carbonyl (C=O) groups is 1. The lowest BCUT2D eigenvalue weighted by atomic mass is 9.94. The van der Waals surface area contributed by atoms with Crippen molar-refractivity contribution < 1.29 is 13.2 Å². The van der Waals surface area contributed by atoms with Gasteiger partial charge in [-0.3, -0.25) is 9.52 Å². The molecule has 2 aromatic rings. The normalized spacial score (nSPS) is 24.3. The number of allylic oxidation sites excluding steroid dienone is 2. The first-order chi connectivity index (χ1) is 12.4. The van der Waals surface area contributed by atoms with Gasteiger partial charge in [0.15, 0.2) is 0 Å². The molecule has 0 radical (unpaired) electrons. The number of rotatable bonds is 6. The fourth-order valence-corrected chi connectivity index (χ4v) is 4.81. The van der Waals surface area contributed by atoms with E-state index >= 15 is 0 Å². The van der Waals surface area contributed by atoms with Crippen molar-refractivity contribution in [3.05, 3.63) is 42.6 Å². The lowest BCUT2D eigenvalue weighted by molar-refractivity contribution is -0.121. The summed E-state index contributed by atoms with van der Waals surface area (Å²) in [4.78, 5) is 12.4. The zero-order valence-corrected chi connectivity index (χ0v) is 15.5. The van der Waals surface area contributed by atoms with Gasteiger partial charge >= 0.3 is 0 Å². The molecule has 1 fully saturated rings. The SMILES string of the molecule is CS(=O)(=O)Nc1cccc2c1ccn2CC(=O)NC[C@H]1C[C@H]2C=C[C@H]1C2. The molecule has 3 atom stereocenters. The lowest BCUT2D eigenvalue weighted by Crippen LogP contribution is -2.33. The number of hydrogen-bond donors (Lipinski definition) is 2. The smallest absolute Gasteiger partial charge is 0.239 e. The fourth-order valence-electron chi connectivity index (χ4n) is 4.23. The monoisotopic (exact) mass is 373 g/mol. The Morgan fingerprint density at radius 1 is 1.23 bits per heavy atom. The van der Waals surface area contributed by atoms with E-state index in [1.54, 1.807) is 12.1 Å². The van der Waals surface area contributed by atoms with E-state index in [1.807, 2.05) is 22.9 Å². The highest BCUT2D eigenvalue weighted by molar-refractivity contribution is 7.92. The summed E-state index contributed by atoms with van der Waals surface area (Å²) in [5.41, 5.74) is 1.36. The third kappa shape index (κ3) is 3.49. The van der Waals surface area contributed by atoms with Gasteiger partial charge in [0.1, 0.15) is 6.54 Å². The Labute approximate surface area is 153 Å². The van der Waals surface area contributed by atoms with E-state index < -0.39 is 10.0 Å². The molecule has 26 heavy (non-hydrogen) atoms. The van der Waals surface area contributed by atoms with Gasteiger partial charge in [-0.1, -0.05) is 18.2 Å². The maximum Gasteiger partial charge on any atom is 0.239 e. The zero-order valence-electron chi connectivity index (χ0n) is 14.7. The van der Waals surface area contributed by atoms with Gasteiger partial charge < -0.3 is 9.88 Å². The van der Waals surface area contributed by atoms with Gasteiger partial charge in [-0.25, -0.2) is 8.42 Å². The van der Waals surface area contributed by atoms with Crippen LogP contribution in [0.4, 0.5) is 5.69 Å². The highest BCUT2D eigenvalue weighted by Gasteiger charge is 2.35. The van der Waals surface area contributed by atoms with Gasteiger partial charge in [-0.15, -0.1) is 0 Å². The maximum atomic E-state index is 12.4. The Morgan fingerprint density at radius 2 is 2.08 bits per heavy atom. The number of benzene rings is 1. The molecular weight excluding hydrogens is 350 g/mol. The first kappa shape index (κ1) is 17.1. The van der Waals surface area contributed by atoms with Crippen molar-refractivity contribution in [3.8, 4) is 0 Å². The summed E-state index contributed by atoms with van der Waals surface area (Å²) in [7, 11) is -3.35. The van der Waals surface area contributed by atoms with Crippen LogP contribution < -0.4 is 10.0 Å². The quantitative estimate of drug-likeness (QED) is 0.763. The fraction of sp³-hybridized carbons (Fsp3) is 0.421. The number of nitrogens with zero attached hydrogens (tertiary/aromatic N) is 1. The first-order valence-corrected chi connectivity index (χ1v) is 10.8. The molecule has 4 rings (SSSR count). The van der Waals surface area contributed by atoms with E-state index in [1.165, 1.54) is 12.8 Å². The minimum absolute atomic E-state index is 0.0178. The topological polar surface area (TPSA) is 80.2 Å². The summed E-state index contributed by atoms with van der Waals surface area (Å²) in [5.74, 6) is 1.87. The molecule has 2 N–H and O–H groups in total. The summed E-state index contributed by atoms with van der Waals surface area (Å²) in [6.45, 7) is 0.951. The van der Waals surface area contributed by atoms with E-state index in [2.05, 4.69) is 22.2 Å². The van der Waals surface area contributed by atoms with E-state index in [-0.39, 0.29) is 12.5 Å². The average Bonchev–Trinajstić information content (AvgIpc) is 3.28. The average molecular weight is 373 g/mol. The van der Waals surface area contributed by atoms with Crippen LogP contribution in [0.25, 0.3) is 10.9 Å². The Balaban J connectivity index is 1.43. The number of fused-ring (bicyclic) bond motifs is 3. The third-order valence-electron chi connectivity index (χ3n) is 5.40. The molecule has 7 heteroatoms. The number of sulfonamides is 1. The molecule has 1 amide bonds. The molecule has 0 aliphatic heterocycles. The Kier molecular flexibility index (Phi) is 4.26. The van der Waals surface area contributed by atoms with E-state index in [4.69, 9.17) is 0 Å². The van der Waals surface area contributed by atoms with Gasteiger partial charge in [0.25, 0.3) is 0 Å². The van der Waals surface area contributed by atoms with Crippen LogP contribution in [-0.2, 0) is 21.4 Å². The number of hydrogen-bond acceptors (Lipinski definition) is 3. The van der Waals surface area contributed by atoms with Gasteiger partial charge in [-0.2, -0.15) is 0 Å². The van der Waals surface area contributed by atoms with E-state index in [0.717, 1.165) is 23.7 Å². The third-order valence-corrected chi connectivity index (χ3v) is 5.99. The second kappa shape index (κ2) is 6.46. The number of amides is 1. The molecule has 0 saturated heterocycles. The van der Waals surface area contributed by atoms with Crippen molar-refractivity contribution in [1.29, 1.82) is 0 Å². The van der Waals surface area contributed by atoms with Crippen LogP contribution in [0.1, 0.15) is 12.8 Å². The maximum absolute atomic E-state index is 12.4. The zero-order chi connectivity index (χ0) is 18.3. The molecule has 6 nitrogen and oxygen atoms in total. The van der Waals surface area contributed by atoms with Crippen molar-refractivity contribution in [1.82, 2.24) is 9.88 Å². The number of nitrogens with one attached hydrogen (secondary N) is 2. The number of carbonyl (C=O) groups excluding carboxylic acids is 1. The molecular formula is C19H23N3O3S. The van der Waals surface area contributed by atoms with Crippen LogP contribution >= 0.6 is 0 Å². The minimum atomic E-state index is -3.35. The standard InChI is InChI=1S/C19H23N3O3S/c1-26(24,25)21-17-3-2-4-18-16(17)7-8-22(18)12-19(23)20-11-15-10-13-5-6-14(15)9-13/h2-8,13-15,21H,9-12H2,1H3,(H,20,23)/t13-,14-,15+/m0/s1. The van der Waals surface area contributed by atoms with Crippen LogP contribution in [-0.4, -0.2) is 31.7 Å². The van der Waals surface area contributed by atoms with Gasteiger partial charge in [0, 0.05) is 18.1 Å². The first-order valence-electron chi connectivity index (χ1n) is 8.90. The Hall–Kier alpha value is -2.28. The van der Waals surface area contributed by atoms with Crippen LogP contribution in [0, 0.1) is 17.8 Å². The Bertz CT molecular complexity index is 977.